The number of carbonyl (C=O) groups excluding carboxylic acids is 1. The summed E-state index contributed by atoms with van der Waals surface area (Å²) >= 11 is 9.66. The largest absolute Gasteiger partial charge is 0.506 e. The van der Waals surface area contributed by atoms with E-state index in [0.717, 1.165) is 26.1 Å². The van der Waals surface area contributed by atoms with E-state index in [2.05, 4.69) is 49.0 Å². The van der Waals surface area contributed by atoms with E-state index in [9.17, 15) is 9.90 Å². The topological polar surface area (TPSA) is 74.8 Å². The molecule has 0 unspecified atom stereocenters. The van der Waals surface area contributed by atoms with Gasteiger partial charge in [-0.05, 0) is 104 Å². The van der Waals surface area contributed by atoms with Crippen molar-refractivity contribution in [3.63, 3.8) is 0 Å². The van der Waals surface area contributed by atoms with Gasteiger partial charge in [0.15, 0.2) is 5.76 Å². The second kappa shape index (κ2) is 8.08. The van der Waals surface area contributed by atoms with Crippen molar-refractivity contribution in [2.45, 2.75) is 0 Å². The number of hydrazone groups is 1. The van der Waals surface area contributed by atoms with Gasteiger partial charge < -0.3 is 9.52 Å². The molecular weight excluding hydrogens is 729 g/mol. The SMILES string of the molecule is O=C(N/N=C\c1cc(I)c(O)c(I)c1)c1cc2cc(Br)cc(I)c2o1. The summed E-state index contributed by atoms with van der Waals surface area (Å²) in [5.74, 6) is 0.00556. The molecule has 2 N–H and O–H groups in total. The minimum atomic E-state index is -0.428. The number of hydrogen-bond donors (Lipinski definition) is 2. The summed E-state index contributed by atoms with van der Waals surface area (Å²) in [7, 11) is 0. The van der Waals surface area contributed by atoms with E-state index in [1.165, 1.54) is 6.21 Å². The van der Waals surface area contributed by atoms with Crippen LogP contribution in [0.1, 0.15) is 16.1 Å². The third-order valence-corrected chi connectivity index (χ3v) is 6.08. The first-order valence-electron chi connectivity index (χ1n) is 6.75. The van der Waals surface area contributed by atoms with E-state index in [0.29, 0.717) is 5.58 Å². The monoisotopic (exact) mass is 736 g/mol. The molecule has 0 atom stereocenters. The van der Waals surface area contributed by atoms with Crippen LogP contribution in [0.3, 0.4) is 0 Å². The molecule has 0 spiro atoms. The van der Waals surface area contributed by atoms with Crippen LogP contribution in [-0.4, -0.2) is 17.2 Å². The standard InChI is InChI=1S/C16H8BrI3N2O3/c17-9-3-8-4-13(25-15(8)12(20)5-9)16(24)22-21-6-7-1-10(18)14(23)11(19)2-7/h1-6,23H,(H,22,24)/b21-6-. The van der Waals surface area contributed by atoms with Gasteiger partial charge in [-0.15, -0.1) is 0 Å². The van der Waals surface area contributed by atoms with Gasteiger partial charge in [-0.3, -0.25) is 4.79 Å². The number of phenols is 1. The maximum absolute atomic E-state index is 12.2. The average Bonchev–Trinajstić information content (AvgIpc) is 2.96. The Bertz CT molecular complexity index is 994. The first-order chi connectivity index (χ1) is 11.8. The summed E-state index contributed by atoms with van der Waals surface area (Å²) in [5.41, 5.74) is 3.89. The van der Waals surface area contributed by atoms with E-state index in [1.54, 1.807) is 18.2 Å². The molecule has 3 aromatic rings. The number of phenolic OH excluding ortho intramolecular Hbond substituents is 1. The Morgan fingerprint density at radius 2 is 1.80 bits per heavy atom. The van der Waals surface area contributed by atoms with Crippen molar-refractivity contribution in [2.75, 3.05) is 0 Å². The number of furan rings is 1. The molecule has 3 rings (SSSR count). The van der Waals surface area contributed by atoms with Crippen LogP contribution in [0.5, 0.6) is 5.75 Å². The maximum atomic E-state index is 12.2. The van der Waals surface area contributed by atoms with Crippen molar-refractivity contribution in [3.05, 3.63) is 56.8 Å². The summed E-state index contributed by atoms with van der Waals surface area (Å²) in [6.45, 7) is 0. The van der Waals surface area contributed by atoms with Crippen LogP contribution < -0.4 is 5.43 Å². The minimum absolute atomic E-state index is 0.193. The second-order valence-electron chi connectivity index (χ2n) is 4.95. The zero-order valence-corrected chi connectivity index (χ0v) is 20.2. The molecular formula is C16H8BrI3N2O3. The Morgan fingerprint density at radius 3 is 2.48 bits per heavy atom. The molecule has 1 aromatic heterocycles. The maximum Gasteiger partial charge on any atom is 0.307 e. The zero-order chi connectivity index (χ0) is 18.1. The number of benzene rings is 2. The molecule has 128 valence electrons. The number of carbonyl (C=O) groups is 1. The first-order valence-corrected chi connectivity index (χ1v) is 10.8. The highest BCUT2D eigenvalue weighted by Crippen LogP contribution is 2.29. The molecule has 0 aliphatic carbocycles. The molecule has 0 aliphatic heterocycles. The van der Waals surface area contributed by atoms with Crippen LogP contribution in [0.4, 0.5) is 0 Å². The fourth-order valence-corrected chi connectivity index (χ4v) is 5.54. The lowest BCUT2D eigenvalue weighted by Crippen LogP contribution is -2.16. The van der Waals surface area contributed by atoms with Crippen LogP contribution in [-0.2, 0) is 0 Å². The lowest BCUT2D eigenvalue weighted by Gasteiger charge is -2.02. The van der Waals surface area contributed by atoms with Gasteiger partial charge in [0.2, 0.25) is 0 Å². The highest BCUT2D eigenvalue weighted by Gasteiger charge is 2.14. The number of aromatic hydroxyl groups is 1. The van der Waals surface area contributed by atoms with E-state index >= 15 is 0 Å². The fourth-order valence-electron chi connectivity index (χ4n) is 2.07. The molecule has 0 saturated heterocycles. The number of halogens is 4. The number of amides is 1. The lowest BCUT2D eigenvalue weighted by atomic mass is 10.2. The predicted octanol–water partition coefficient (Wildman–Crippen LogP) is 5.48. The molecule has 0 saturated carbocycles. The van der Waals surface area contributed by atoms with Crippen LogP contribution >= 0.6 is 83.7 Å². The number of rotatable bonds is 3. The van der Waals surface area contributed by atoms with Crippen molar-refractivity contribution in [1.82, 2.24) is 5.43 Å². The van der Waals surface area contributed by atoms with Crippen molar-refractivity contribution in [2.24, 2.45) is 5.10 Å². The molecule has 1 amide bonds. The first kappa shape index (κ1) is 19.4. The number of hydrogen-bond acceptors (Lipinski definition) is 4. The van der Waals surface area contributed by atoms with Gasteiger partial charge in [-0.1, -0.05) is 15.9 Å². The molecule has 0 bridgehead atoms. The van der Waals surface area contributed by atoms with Gasteiger partial charge in [0, 0.05) is 9.86 Å². The second-order valence-corrected chi connectivity index (χ2v) is 9.35. The van der Waals surface area contributed by atoms with Gasteiger partial charge in [0.25, 0.3) is 0 Å². The lowest BCUT2D eigenvalue weighted by molar-refractivity contribution is 0.0929. The Labute approximate surface area is 192 Å². The van der Waals surface area contributed by atoms with Gasteiger partial charge in [-0.25, -0.2) is 5.43 Å². The Hall–Kier alpha value is -0.410. The number of nitrogens with one attached hydrogen (secondary N) is 1. The smallest absolute Gasteiger partial charge is 0.307 e. The summed E-state index contributed by atoms with van der Waals surface area (Å²) in [5, 5.41) is 14.6. The van der Waals surface area contributed by atoms with Crippen molar-refractivity contribution < 1.29 is 14.3 Å². The summed E-state index contributed by atoms with van der Waals surface area (Å²) in [6.07, 6.45) is 1.52. The molecule has 9 heteroatoms. The van der Waals surface area contributed by atoms with Crippen molar-refractivity contribution >= 4 is 107 Å². The highest BCUT2D eigenvalue weighted by molar-refractivity contribution is 14.1. The molecule has 2 aromatic carbocycles. The van der Waals surface area contributed by atoms with Crippen LogP contribution in [0.2, 0.25) is 0 Å². The van der Waals surface area contributed by atoms with E-state index in [1.807, 2.05) is 57.3 Å². The minimum Gasteiger partial charge on any atom is -0.506 e. The van der Waals surface area contributed by atoms with E-state index < -0.39 is 5.91 Å². The average molecular weight is 737 g/mol. The third kappa shape index (κ3) is 4.47. The quantitative estimate of drug-likeness (QED) is 0.213. The van der Waals surface area contributed by atoms with Gasteiger partial charge >= 0.3 is 5.91 Å². The Morgan fingerprint density at radius 1 is 1.12 bits per heavy atom. The van der Waals surface area contributed by atoms with Gasteiger partial charge in [0.1, 0.15) is 11.3 Å². The molecule has 0 radical (unpaired) electrons. The Kier molecular flexibility index (Phi) is 6.26. The molecule has 0 aliphatic rings. The predicted molar refractivity (Wildman–Crippen MR) is 125 cm³/mol. The molecule has 5 nitrogen and oxygen atoms in total. The molecule has 0 fully saturated rings. The van der Waals surface area contributed by atoms with E-state index in [-0.39, 0.29) is 11.5 Å². The highest BCUT2D eigenvalue weighted by atomic mass is 127. The zero-order valence-electron chi connectivity index (χ0n) is 12.2. The van der Waals surface area contributed by atoms with Gasteiger partial charge in [0.05, 0.1) is 16.9 Å². The van der Waals surface area contributed by atoms with Gasteiger partial charge in [-0.2, -0.15) is 5.10 Å². The fraction of sp³-hybridized carbons (Fsp3) is 0. The van der Waals surface area contributed by atoms with E-state index in [4.69, 9.17) is 4.42 Å². The van der Waals surface area contributed by atoms with Crippen molar-refractivity contribution in [1.29, 1.82) is 0 Å². The van der Waals surface area contributed by atoms with Crippen LogP contribution in [0.15, 0.2) is 44.3 Å². The van der Waals surface area contributed by atoms with Crippen molar-refractivity contribution in [3.8, 4) is 5.75 Å². The normalized spacial score (nSPS) is 11.4. The van der Waals surface area contributed by atoms with Crippen LogP contribution in [0, 0.1) is 10.7 Å². The number of fused-ring (bicyclic) bond motifs is 1. The third-order valence-electron chi connectivity index (χ3n) is 3.18. The number of nitrogens with zero attached hydrogens (tertiary/aromatic N) is 1. The summed E-state index contributed by atoms with van der Waals surface area (Å²) in [6, 6.07) is 9.03. The molecule has 1 heterocycles. The van der Waals surface area contributed by atoms with Crippen LogP contribution in [0.25, 0.3) is 11.0 Å². The summed E-state index contributed by atoms with van der Waals surface area (Å²) in [4.78, 5) is 12.2. The summed E-state index contributed by atoms with van der Waals surface area (Å²) < 4.78 is 8.89. The Balaban J connectivity index is 1.78. The molecule has 25 heavy (non-hydrogen) atoms.